The van der Waals surface area contributed by atoms with Gasteiger partial charge >= 0.3 is 0 Å². The first-order chi connectivity index (χ1) is 10.9. The Morgan fingerprint density at radius 2 is 1.61 bits per heavy atom. The molecule has 0 radical (unpaired) electrons. The summed E-state index contributed by atoms with van der Waals surface area (Å²) in [6.07, 6.45) is 1.84. The fraction of sp³-hybridized carbons (Fsp3) is 0.350. The van der Waals surface area contributed by atoms with E-state index in [4.69, 9.17) is 11.6 Å². The normalized spacial score (nSPS) is 11.3. The van der Waals surface area contributed by atoms with E-state index in [9.17, 15) is 4.79 Å². The van der Waals surface area contributed by atoms with Crippen molar-refractivity contribution in [2.45, 2.75) is 39.0 Å². The first-order valence-corrected chi connectivity index (χ1v) is 8.37. The summed E-state index contributed by atoms with van der Waals surface area (Å²) in [7, 11) is 0. The third kappa shape index (κ3) is 5.40. The van der Waals surface area contributed by atoms with Crippen molar-refractivity contribution in [3.8, 4) is 0 Å². The summed E-state index contributed by atoms with van der Waals surface area (Å²) in [4.78, 5) is 12.1. The van der Waals surface area contributed by atoms with E-state index in [1.54, 1.807) is 0 Å². The minimum atomic E-state index is -0.0124. The average Bonchev–Trinajstić information content (AvgIpc) is 2.52. The smallest absolute Gasteiger partial charge is 0.251 e. The van der Waals surface area contributed by atoms with E-state index < -0.39 is 0 Å². The van der Waals surface area contributed by atoms with Crippen LogP contribution in [-0.4, -0.2) is 12.5 Å². The van der Waals surface area contributed by atoms with Gasteiger partial charge in [-0.15, -0.1) is 0 Å². The standard InChI is InChI=1S/C20H24ClNO/c1-20(2,3)17-10-8-16(9-11-17)19(23)22-14-4-5-15-6-12-18(21)13-7-15/h6-13H,4-5,14H2,1-3H3,(H,22,23). The van der Waals surface area contributed by atoms with Crippen LogP contribution in [0.2, 0.25) is 5.02 Å². The van der Waals surface area contributed by atoms with Gasteiger partial charge in [-0.05, 0) is 53.6 Å². The highest BCUT2D eigenvalue weighted by atomic mass is 35.5. The molecule has 23 heavy (non-hydrogen) atoms. The zero-order valence-corrected chi connectivity index (χ0v) is 14.8. The van der Waals surface area contributed by atoms with Crippen LogP contribution < -0.4 is 5.32 Å². The Morgan fingerprint density at radius 3 is 2.17 bits per heavy atom. The summed E-state index contributed by atoms with van der Waals surface area (Å²) < 4.78 is 0. The first-order valence-electron chi connectivity index (χ1n) is 7.99. The van der Waals surface area contributed by atoms with Gasteiger partial charge in [-0.25, -0.2) is 0 Å². The van der Waals surface area contributed by atoms with Crippen molar-refractivity contribution >= 4 is 17.5 Å². The van der Waals surface area contributed by atoms with Crippen LogP contribution in [0.5, 0.6) is 0 Å². The number of rotatable bonds is 5. The molecule has 0 bridgehead atoms. The highest BCUT2D eigenvalue weighted by Gasteiger charge is 2.14. The topological polar surface area (TPSA) is 29.1 Å². The van der Waals surface area contributed by atoms with Gasteiger partial charge in [0.15, 0.2) is 0 Å². The molecule has 0 spiro atoms. The van der Waals surface area contributed by atoms with Crippen molar-refractivity contribution in [2.75, 3.05) is 6.54 Å². The average molecular weight is 330 g/mol. The molecule has 0 saturated carbocycles. The molecular formula is C20H24ClNO. The minimum absolute atomic E-state index is 0.0124. The van der Waals surface area contributed by atoms with Crippen molar-refractivity contribution in [1.82, 2.24) is 5.32 Å². The number of aryl methyl sites for hydroxylation is 1. The lowest BCUT2D eigenvalue weighted by atomic mass is 9.87. The van der Waals surface area contributed by atoms with E-state index in [0.29, 0.717) is 12.1 Å². The van der Waals surface area contributed by atoms with E-state index >= 15 is 0 Å². The second kappa shape index (κ2) is 7.65. The number of halogens is 1. The maximum Gasteiger partial charge on any atom is 0.251 e. The van der Waals surface area contributed by atoms with E-state index in [-0.39, 0.29) is 11.3 Å². The second-order valence-corrected chi connectivity index (χ2v) is 7.25. The van der Waals surface area contributed by atoms with Crippen molar-refractivity contribution in [1.29, 1.82) is 0 Å². The highest BCUT2D eigenvalue weighted by molar-refractivity contribution is 6.30. The van der Waals surface area contributed by atoms with Crippen LogP contribution in [0.3, 0.4) is 0 Å². The lowest BCUT2D eigenvalue weighted by Gasteiger charge is -2.19. The monoisotopic (exact) mass is 329 g/mol. The molecule has 0 aromatic heterocycles. The fourth-order valence-electron chi connectivity index (χ4n) is 2.37. The van der Waals surface area contributed by atoms with Gasteiger partial charge in [0.1, 0.15) is 0 Å². The van der Waals surface area contributed by atoms with Crippen LogP contribution >= 0.6 is 11.6 Å². The molecule has 0 aliphatic rings. The molecule has 0 atom stereocenters. The molecule has 1 N–H and O–H groups in total. The predicted molar refractivity (Wildman–Crippen MR) is 97.2 cm³/mol. The molecule has 0 aliphatic heterocycles. The maximum absolute atomic E-state index is 12.1. The van der Waals surface area contributed by atoms with Crippen LogP contribution in [0, 0.1) is 0 Å². The van der Waals surface area contributed by atoms with E-state index in [0.717, 1.165) is 17.9 Å². The fourth-order valence-corrected chi connectivity index (χ4v) is 2.50. The number of carbonyl (C=O) groups excluding carboxylic acids is 1. The summed E-state index contributed by atoms with van der Waals surface area (Å²) in [5.41, 5.74) is 3.28. The van der Waals surface area contributed by atoms with Crippen LogP contribution in [-0.2, 0) is 11.8 Å². The molecule has 0 aliphatic carbocycles. The molecule has 2 aromatic rings. The number of benzene rings is 2. The van der Waals surface area contributed by atoms with Gasteiger partial charge in [0.25, 0.3) is 5.91 Å². The lowest BCUT2D eigenvalue weighted by molar-refractivity contribution is 0.0953. The molecule has 0 heterocycles. The third-order valence-electron chi connectivity index (χ3n) is 3.85. The number of hydrogen-bond donors (Lipinski definition) is 1. The highest BCUT2D eigenvalue weighted by Crippen LogP contribution is 2.22. The molecule has 0 saturated heterocycles. The Hall–Kier alpha value is -1.80. The number of amides is 1. The third-order valence-corrected chi connectivity index (χ3v) is 4.11. The summed E-state index contributed by atoms with van der Waals surface area (Å²) in [6.45, 7) is 7.17. The van der Waals surface area contributed by atoms with Crippen molar-refractivity contribution in [3.63, 3.8) is 0 Å². The Balaban J connectivity index is 1.79. The molecular weight excluding hydrogens is 306 g/mol. The number of carbonyl (C=O) groups is 1. The molecule has 3 heteroatoms. The van der Waals surface area contributed by atoms with Crippen molar-refractivity contribution < 1.29 is 4.79 Å². The van der Waals surface area contributed by atoms with E-state index in [2.05, 4.69) is 26.1 Å². The zero-order chi connectivity index (χ0) is 16.9. The largest absolute Gasteiger partial charge is 0.352 e. The van der Waals surface area contributed by atoms with Gasteiger partial charge in [0, 0.05) is 17.1 Å². The lowest BCUT2D eigenvalue weighted by Crippen LogP contribution is -2.25. The molecule has 2 nitrogen and oxygen atoms in total. The Labute approximate surface area is 143 Å². The van der Waals surface area contributed by atoms with Gasteiger partial charge < -0.3 is 5.32 Å². The molecule has 2 rings (SSSR count). The van der Waals surface area contributed by atoms with Crippen LogP contribution in [0.15, 0.2) is 48.5 Å². The molecule has 0 unspecified atom stereocenters. The summed E-state index contributed by atoms with van der Waals surface area (Å²) in [5, 5.41) is 3.72. The summed E-state index contributed by atoms with van der Waals surface area (Å²) in [5.74, 6) is -0.0124. The van der Waals surface area contributed by atoms with E-state index in [1.807, 2.05) is 48.5 Å². The molecule has 122 valence electrons. The SMILES string of the molecule is CC(C)(C)c1ccc(C(=O)NCCCc2ccc(Cl)cc2)cc1. The van der Waals surface area contributed by atoms with Gasteiger partial charge in [0.05, 0.1) is 0 Å². The molecule has 2 aromatic carbocycles. The number of nitrogens with one attached hydrogen (secondary N) is 1. The van der Waals surface area contributed by atoms with Crippen molar-refractivity contribution in [3.05, 3.63) is 70.2 Å². The minimum Gasteiger partial charge on any atom is -0.352 e. The quantitative estimate of drug-likeness (QED) is 0.768. The second-order valence-electron chi connectivity index (χ2n) is 6.81. The van der Waals surface area contributed by atoms with Crippen LogP contribution in [0.4, 0.5) is 0 Å². The predicted octanol–water partition coefficient (Wildman–Crippen LogP) is 5.00. The molecule has 0 fully saturated rings. The zero-order valence-electron chi connectivity index (χ0n) is 14.0. The van der Waals surface area contributed by atoms with Crippen LogP contribution in [0.25, 0.3) is 0 Å². The summed E-state index contributed by atoms with van der Waals surface area (Å²) >= 11 is 5.86. The maximum atomic E-state index is 12.1. The van der Waals surface area contributed by atoms with E-state index in [1.165, 1.54) is 11.1 Å². The Morgan fingerprint density at radius 1 is 1.00 bits per heavy atom. The summed E-state index contributed by atoms with van der Waals surface area (Å²) in [6, 6.07) is 15.7. The first kappa shape index (κ1) is 17.6. The van der Waals surface area contributed by atoms with Crippen LogP contribution in [0.1, 0.15) is 48.7 Å². The number of hydrogen-bond acceptors (Lipinski definition) is 1. The van der Waals surface area contributed by atoms with Gasteiger partial charge in [-0.2, -0.15) is 0 Å². The Bertz CT molecular complexity index is 639. The van der Waals surface area contributed by atoms with Crippen molar-refractivity contribution in [2.24, 2.45) is 0 Å². The molecule has 1 amide bonds. The van der Waals surface area contributed by atoms with Gasteiger partial charge in [-0.3, -0.25) is 4.79 Å². The van der Waals surface area contributed by atoms with Gasteiger partial charge in [0.2, 0.25) is 0 Å². The van der Waals surface area contributed by atoms with Gasteiger partial charge in [-0.1, -0.05) is 56.6 Å². The Kier molecular flexibility index (Phi) is 5.84.